The Kier molecular flexibility index (Phi) is 4.09. The normalized spacial score (nSPS) is 10.1. The fraction of sp³-hybridized carbons (Fsp3) is 0.0769. The first-order valence-corrected chi connectivity index (χ1v) is 6.44. The van der Waals surface area contributed by atoms with Gasteiger partial charge < -0.3 is 5.32 Å². The molecule has 1 aromatic heterocycles. The van der Waals surface area contributed by atoms with Gasteiger partial charge in [-0.2, -0.15) is 0 Å². The number of halogens is 1. The summed E-state index contributed by atoms with van der Waals surface area (Å²) in [4.78, 5) is 26.0. The number of anilines is 1. The zero-order valence-electron chi connectivity index (χ0n) is 10.5. The third-order valence-corrected chi connectivity index (χ3v) is 3.14. The summed E-state index contributed by atoms with van der Waals surface area (Å²) in [5.41, 5.74) is 0.904. The zero-order chi connectivity index (χ0) is 14.7. The van der Waals surface area contributed by atoms with Gasteiger partial charge in [0.2, 0.25) is 0 Å². The Hall–Kier alpha value is -2.28. The number of hydrogen-bond acceptors (Lipinski definition) is 4. The second kappa shape index (κ2) is 5.79. The van der Waals surface area contributed by atoms with Crippen molar-refractivity contribution in [2.24, 2.45) is 0 Å². The van der Waals surface area contributed by atoms with Crippen LogP contribution in [0.5, 0.6) is 0 Å². The predicted octanol–water partition coefficient (Wildman–Crippen LogP) is 3.31. The van der Waals surface area contributed by atoms with Gasteiger partial charge in [-0.1, -0.05) is 15.9 Å². The van der Waals surface area contributed by atoms with E-state index in [1.165, 1.54) is 6.07 Å². The molecule has 2 rings (SSSR count). The number of aromatic nitrogens is 1. The minimum Gasteiger partial charge on any atom is -0.306 e. The number of benzene rings is 1. The first kappa shape index (κ1) is 14.1. The quantitative estimate of drug-likeness (QED) is 0.688. The SMILES string of the molecule is Cc1cc([N+](=O)[O-])cnc1NC(=O)c1ccc(Br)cc1. The Labute approximate surface area is 123 Å². The van der Waals surface area contributed by atoms with Gasteiger partial charge in [0.1, 0.15) is 12.0 Å². The number of aryl methyl sites for hydroxylation is 1. The summed E-state index contributed by atoms with van der Waals surface area (Å²) < 4.78 is 0.874. The lowest BCUT2D eigenvalue weighted by Crippen LogP contribution is -2.14. The number of carbonyl (C=O) groups excluding carboxylic acids is 1. The van der Waals surface area contributed by atoms with Crippen molar-refractivity contribution in [1.29, 1.82) is 0 Å². The summed E-state index contributed by atoms with van der Waals surface area (Å²) in [7, 11) is 0. The second-order valence-corrected chi connectivity index (χ2v) is 4.99. The molecule has 0 aliphatic rings. The summed E-state index contributed by atoms with van der Waals surface area (Å²) in [5.74, 6) is -0.00882. The third-order valence-electron chi connectivity index (χ3n) is 2.61. The molecule has 0 aliphatic heterocycles. The first-order chi connectivity index (χ1) is 9.47. The van der Waals surface area contributed by atoms with Crippen molar-refractivity contribution in [2.45, 2.75) is 6.92 Å². The van der Waals surface area contributed by atoms with E-state index in [-0.39, 0.29) is 11.6 Å². The molecule has 0 radical (unpaired) electrons. The van der Waals surface area contributed by atoms with E-state index in [1.807, 2.05) is 0 Å². The van der Waals surface area contributed by atoms with Crippen LogP contribution in [0.2, 0.25) is 0 Å². The number of nitro groups is 1. The van der Waals surface area contributed by atoms with Crippen LogP contribution in [0.25, 0.3) is 0 Å². The van der Waals surface area contributed by atoms with Crippen LogP contribution in [-0.2, 0) is 0 Å². The molecule has 2 aromatic rings. The van der Waals surface area contributed by atoms with Gasteiger partial charge in [-0.15, -0.1) is 0 Å². The van der Waals surface area contributed by atoms with Crippen LogP contribution >= 0.6 is 15.9 Å². The lowest BCUT2D eigenvalue weighted by molar-refractivity contribution is -0.385. The van der Waals surface area contributed by atoms with E-state index < -0.39 is 4.92 Å². The molecule has 1 heterocycles. The highest BCUT2D eigenvalue weighted by atomic mass is 79.9. The fourth-order valence-corrected chi connectivity index (χ4v) is 1.84. The Bertz CT molecular complexity index is 671. The van der Waals surface area contributed by atoms with Crippen LogP contribution in [0.3, 0.4) is 0 Å². The standard InChI is InChI=1S/C13H10BrN3O3/c1-8-6-11(17(19)20)7-15-12(8)16-13(18)9-2-4-10(14)5-3-9/h2-7H,1H3,(H,15,16,18). The summed E-state index contributed by atoms with van der Waals surface area (Å²) >= 11 is 3.29. The molecule has 0 spiro atoms. The van der Waals surface area contributed by atoms with Crippen molar-refractivity contribution in [3.05, 3.63) is 62.2 Å². The molecule has 0 aliphatic carbocycles. The van der Waals surface area contributed by atoms with Crippen molar-refractivity contribution in [1.82, 2.24) is 4.98 Å². The largest absolute Gasteiger partial charge is 0.306 e. The molecule has 1 N–H and O–H groups in total. The van der Waals surface area contributed by atoms with E-state index in [0.717, 1.165) is 10.7 Å². The summed E-state index contributed by atoms with van der Waals surface area (Å²) in [6.07, 6.45) is 1.12. The Morgan fingerprint density at radius 3 is 2.55 bits per heavy atom. The smallest absolute Gasteiger partial charge is 0.287 e. The molecule has 102 valence electrons. The van der Waals surface area contributed by atoms with Gasteiger partial charge in [-0.25, -0.2) is 4.98 Å². The van der Waals surface area contributed by atoms with Crippen LogP contribution in [0.1, 0.15) is 15.9 Å². The first-order valence-electron chi connectivity index (χ1n) is 5.65. The van der Waals surface area contributed by atoms with Crippen molar-refractivity contribution in [3.63, 3.8) is 0 Å². The zero-order valence-corrected chi connectivity index (χ0v) is 12.0. The maximum Gasteiger partial charge on any atom is 0.287 e. The topological polar surface area (TPSA) is 85.1 Å². The van der Waals surface area contributed by atoms with Gasteiger partial charge in [0, 0.05) is 16.1 Å². The molecule has 0 unspecified atom stereocenters. The lowest BCUT2D eigenvalue weighted by Gasteiger charge is -2.07. The highest BCUT2D eigenvalue weighted by Gasteiger charge is 2.12. The van der Waals surface area contributed by atoms with E-state index >= 15 is 0 Å². The number of carbonyl (C=O) groups is 1. The highest BCUT2D eigenvalue weighted by Crippen LogP contribution is 2.19. The van der Waals surface area contributed by atoms with Crippen molar-refractivity contribution < 1.29 is 9.72 Å². The van der Waals surface area contributed by atoms with E-state index in [2.05, 4.69) is 26.2 Å². The number of hydrogen-bond donors (Lipinski definition) is 1. The van der Waals surface area contributed by atoms with Crippen molar-refractivity contribution in [2.75, 3.05) is 5.32 Å². The Balaban J connectivity index is 2.19. The van der Waals surface area contributed by atoms with Crippen molar-refractivity contribution in [3.8, 4) is 0 Å². The Morgan fingerprint density at radius 1 is 1.35 bits per heavy atom. The van der Waals surface area contributed by atoms with Gasteiger partial charge >= 0.3 is 0 Å². The highest BCUT2D eigenvalue weighted by molar-refractivity contribution is 9.10. The van der Waals surface area contributed by atoms with Gasteiger partial charge in [-0.3, -0.25) is 14.9 Å². The molecule has 0 atom stereocenters. The second-order valence-electron chi connectivity index (χ2n) is 4.08. The van der Waals surface area contributed by atoms with Crippen LogP contribution in [-0.4, -0.2) is 15.8 Å². The van der Waals surface area contributed by atoms with Crippen LogP contribution < -0.4 is 5.32 Å². The molecular weight excluding hydrogens is 326 g/mol. The maximum atomic E-state index is 12.0. The third kappa shape index (κ3) is 3.18. The molecule has 20 heavy (non-hydrogen) atoms. The Morgan fingerprint density at radius 2 is 2.00 bits per heavy atom. The van der Waals surface area contributed by atoms with Gasteiger partial charge in [0.15, 0.2) is 0 Å². The number of nitrogens with zero attached hydrogens (tertiary/aromatic N) is 2. The molecule has 7 heteroatoms. The average Bonchev–Trinajstić information content (AvgIpc) is 2.41. The minimum absolute atomic E-state index is 0.107. The molecule has 6 nitrogen and oxygen atoms in total. The molecule has 0 saturated heterocycles. The van der Waals surface area contributed by atoms with E-state index in [4.69, 9.17) is 0 Å². The molecule has 0 bridgehead atoms. The molecular formula is C13H10BrN3O3. The van der Waals surface area contributed by atoms with Gasteiger partial charge in [0.25, 0.3) is 11.6 Å². The monoisotopic (exact) mass is 335 g/mol. The number of amides is 1. The molecule has 1 amide bonds. The number of pyridine rings is 1. The van der Waals surface area contributed by atoms with E-state index in [1.54, 1.807) is 31.2 Å². The molecule has 1 aromatic carbocycles. The predicted molar refractivity (Wildman–Crippen MR) is 77.7 cm³/mol. The number of rotatable bonds is 3. The van der Waals surface area contributed by atoms with Crippen LogP contribution in [0.4, 0.5) is 11.5 Å². The maximum absolute atomic E-state index is 12.0. The number of nitrogens with one attached hydrogen (secondary N) is 1. The lowest BCUT2D eigenvalue weighted by atomic mass is 10.2. The minimum atomic E-state index is -0.527. The molecule has 0 fully saturated rings. The summed E-state index contributed by atoms with van der Waals surface area (Å²) in [5, 5.41) is 13.2. The van der Waals surface area contributed by atoms with Gasteiger partial charge in [-0.05, 0) is 36.8 Å². The molecule has 0 saturated carbocycles. The van der Waals surface area contributed by atoms with Crippen LogP contribution in [0, 0.1) is 17.0 Å². The average molecular weight is 336 g/mol. The van der Waals surface area contributed by atoms with Crippen LogP contribution in [0.15, 0.2) is 41.0 Å². The van der Waals surface area contributed by atoms with E-state index in [0.29, 0.717) is 16.9 Å². The van der Waals surface area contributed by atoms with Gasteiger partial charge in [0.05, 0.1) is 4.92 Å². The fourth-order valence-electron chi connectivity index (χ4n) is 1.57. The van der Waals surface area contributed by atoms with Crippen molar-refractivity contribution >= 4 is 33.3 Å². The summed E-state index contributed by atoms with van der Waals surface area (Å²) in [6, 6.07) is 8.21. The summed E-state index contributed by atoms with van der Waals surface area (Å²) in [6.45, 7) is 1.65. The van der Waals surface area contributed by atoms with E-state index in [9.17, 15) is 14.9 Å².